The van der Waals surface area contributed by atoms with Crippen molar-refractivity contribution < 1.29 is 26.0 Å². The van der Waals surface area contributed by atoms with Crippen LogP contribution in [0.5, 0.6) is 0 Å². The molecule has 1 heterocycles. The maximum atomic E-state index is 12.4. The van der Waals surface area contributed by atoms with Gasteiger partial charge in [-0.2, -0.15) is 13.0 Å². The smallest absolute Gasteiger partial charge is 0.265 e. The molecule has 0 saturated carbocycles. The summed E-state index contributed by atoms with van der Waals surface area (Å²) in [4.78, 5) is 0.335. The van der Waals surface area contributed by atoms with E-state index in [1.165, 1.54) is 6.26 Å². The molecular weight excluding hydrogens is 434 g/mol. The molecule has 31 heavy (non-hydrogen) atoms. The number of sulfone groups is 1. The molecule has 1 aromatic rings. The van der Waals surface area contributed by atoms with Crippen LogP contribution >= 0.6 is 0 Å². The summed E-state index contributed by atoms with van der Waals surface area (Å²) in [5.74, 6) is -0.313. The molecular formula is C23H30NO5S2+. The Hall–Kier alpha value is -2.03. The fourth-order valence-corrected chi connectivity index (χ4v) is 6.34. The van der Waals surface area contributed by atoms with E-state index in [1.807, 2.05) is 30.4 Å². The highest BCUT2D eigenvalue weighted by atomic mass is 32.2. The molecule has 3 rings (SSSR count). The summed E-state index contributed by atoms with van der Waals surface area (Å²) in [5, 5.41) is 0. The molecule has 2 aliphatic rings. The number of rotatable bonds is 7. The van der Waals surface area contributed by atoms with Crippen LogP contribution in [0.4, 0.5) is 5.69 Å². The molecule has 0 fully saturated rings. The molecule has 0 unspecified atom stereocenters. The molecule has 0 bridgehead atoms. The number of benzene rings is 1. The van der Waals surface area contributed by atoms with Gasteiger partial charge in [0.05, 0.1) is 16.1 Å². The summed E-state index contributed by atoms with van der Waals surface area (Å²) in [6.45, 7) is 8.58. The van der Waals surface area contributed by atoms with Crippen LogP contribution < -0.4 is 0 Å². The van der Waals surface area contributed by atoms with E-state index >= 15 is 0 Å². The zero-order chi connectivity index (χ0) is 23.0. The molecule has 1 N–H and O–H groups in total. The SMILES string of the molecule is C=C1CCCC(/C=C/C2=[N+](CCCS(=O)(=O)O)c3ccccc3C2(C)C)=C1S(C)(=O)=O. The summed E-state index contributed by atoms with van der Waals surface area (Å²) in [5.41, 5.74) is 4.14. The molecule has 0 amide bonds. The van der Waals surface area contributed by atoms with Crippen molar-refractivity contribution in [1.82, 2.24) is 0 Å². The van der Waals surface area contributed by atoms with Gasteiger partial charge in [0.15, 0.2) is 15.5 Å². The van der Waals surface area contributed by atoms with Gasteiger partial charge in [-0.25, -0.2) is 8.42 Å². The normalized spacial score (nSPS) is 19.4. The van der Waals surface area contributed by atoms with Crippen molar-refractivity contribution in [3.8, 4) is 0 Å². The zero-order valence-corrected chi connectivity index (χ0v) is 19.9. The quantitative estimate of drug-likeness (QED) is 0.488. The van der Waals surface area contributed by atoms with Crippen molar-refractivity contribution in [2.24, 2.45) is 0 Å². The molecule has 6 nitrogen and oxygen atoms in total. The lowest BCUT2D eigenvalue weighted by Gasteiger charge is -2.20. The number of hydrogen-bond donors (Lipinski definition) is 1. The molecule has 0 spiro atoms. The van der Waals surface area contributed by atoms with Gasteiger partial charge >= 0.3 is 0 Å². The Bertz CT molecular complexity index is 1220. The van der Waals surface area contributed by atoms with Crippen LogP contribution in [-0.2, 0) is 25.4 Å². The van der Waals surface area contributed by atoms with E-state index in [1.54, 1.807) is 0 Å². The predicted octanol–water partition coefficient (Wildman–Crippen LogP) is 3.94. The third-order valence-corrected chi connectivity index (χ3v) is 8.03. The molecule has 8 heteroatoms. The lowest BCUT2D eigenvalue weighted by atomic mass is 9.81. The molecule has 1 aromatic carbocycles. The fraction of sp³-hybridized carbons (Fsp3) is 0.435. The van der Waals surface area contributed by atoms with Crippen molar-refractivity contribution in [2.75, 3.05) is 18.6 Å². The van der Waals surface area contributed by atoms with E-state index in [0.29, 0.717) is 29.9 Å². The van der Waals surface area contributed by atoms with E-state index in [-0.39, 0.29) is 17.6 Å². The topological polar surface area (TPSA) is 91.5 Å². The maximum Gasteiger partial charge on any atom is 0.265 e. The minimum atomic E-state index is -4.04. The van der Waals surface area contributed by atoms with Crippen molar-refractivity contribution in [2.45, 2.75) is 44.9 Å². The van der Waals surface area contributed by atoms with E-state index in [0.717, 1.165) is 29.0 Å². The Morgan fingerprint density at radius 2 is 1.81 bits per heavy atom. The first-order valence-corrected chi connectivity index (χ1v) is 13.8. The zero-order valence-electron chi connectivity index (χ0n) is 18.3. The van der Waals surface area contributed by atoms with Crippen molar-refractivity contribution in [3.63, 3.8) is 0 Å². The number of para-hydroxylation sites is 1. The third-order valence-electron chi connectivity index (χ3n) is 5.93. The molecule has 1 aliphatic carbocycles. The van der Waals surface area contributed by atoms with Crippen molar-refractivity contribution in [1.29, 1.82) is 0 Å². The lowest BCUT2D eigenvalue weighted by molar-refractivity contribution is -0.437. The largest absolute Gasteiger partial charge is 0.286 e. The number of nitrogens with zero attached hydrogens (tertiary/aromatic N) is 1. The van der Waals surface area contributed by atoms with Gasteiger partial charge in [-0.05, 0) is 44.3 Å². The van der Waals surface area contributed by atoms with E-state index in [4.69, 9.17) is 4.55 Å². The highest BCUT2D eigenvalue weighted by Gasteiger charge is 2.44. The molecule has 0 aromatic heterocycles. The maximum absolute atomic E-state index is 12.4. The average molecular weight is 465 g/mol. The number of fused-ring (bicyclic) bond motifs is 1. The second kappa shape index (κ2) is 8.48. The van der Waals surface area contributed by atoms with Crippen LogP contribution in [0.15, 0.2) is 59.0 Å². The standard InChI is InChI=1S/C23H29NO5S2/c1-17-9-7-10-18(22(17)30(4,25)26)13-14-21-23(2,3)19-11-5-6-12-20(19)24(21)15-8-16-31(27,28)29/h5-6,11-14H,1,7-10,15-16H2,2-4H3/p+1/b14-13+. The monoisotopic (exact) mass is 464 g/mol. The average Bonchev–Trinajstić information content (AvgIpc) is 2.85. The minimum Gasteiger partial charge on any atom is -0.286 e. The Morgan fingerprint density at radius 1 is 1.13 bits per heavy atom. The second-order valence-corrected chi connectivity index (χ2v) is 12.3. The summed E-state index contributed by atoms with van der Waals surface area (Å²) in [7, 11) is -7.42. The Balaban J connectivity index is 2.08. The van der Waals surface area contributed by atoms with Gasteiger partial charge in [0.2, 0.25) is 5.69 Å². The third kappa shape index (κ3) is 5.07. The van der Waals surface area contributed by atoms with Crippen LogP contribution in [-0.4, -0.2) is 50.2 Å². The minimum absolute atomic E-state index is 0.272. The summed E-state index contributed by atoms with van der Waals surface area (Å²) in [6, 6.07) is 7.95. The first-order valence-electron chi connectivity index (χ1n) is 10.3. The highest BCUT2D eigenvalue weighted by Crippen LogP contribution is 2.40. The Labute approximate surface area is 185 Å². The van der Waals surface area contributed by atoms with Crippen molar-refractivity contribution in [3.05, 3.63) is 64.6 Å². The first-order chi connectivity index (χ1) is 14.3. The van der Waals surface area contributed by atoms with Gasteiger partial charge in [0.1, 0.15) is 6.54 Å². The highest BCUT2D eigenvalue weighted by molar-refractivity contribution is 7.94. The Morgan fingerprint density at radius 3 is 2.45 bits per heavy atom. The van der Waals surface area contributed by atoms with Gasteiger partial charge in [-0.15, -0.1) is 0 Å². The van der Waals surface area contributed by atoms with Crippen LogP contribution in [0.1, 0.15) is 45.1 Å². The van der Waals surface area contributed by atoms with Crippen molar-refractivity contribution >= 4 is 31.4 Å². The van der Waals surface area contributed by atoms with Gasteiger partial charge in [-0.1, -0.05) is 30.9 Å². The van der Waals surface area contributed by atoms with E-state index < -0.39 is 20.0 Å². The molecule has 1 aliphatic heterocycles. The number of hydrogen-bond acceptors (Lipinski definition) is 4. The molecule has 168 valence electrons. The van der Waals surface area contributed by atoms with Gasteiger partial charge in [-0.3, -0.25) is 4.55 Å². The lowest BCUT2D eigenvalue weighted by Crippen LogP contribution is -2.28. The van der Waals surface area contributed by atoms with Crippen LogP contribution in [0, 0.1) is 0 Å². The molecule has 0 radical (unpaired) electrons. The Kier molecular flexibility index (Phi) is 6.47. The van der Waals surface area contributed by atoms with Crippen LogP contribution in [0.2, 0.25) is 0 Å². The van der Waals surface area contributed by atoms with E-state index in [9.17, 15) is 16.8 Å². The number of allylic oxidation sites excluding steroid dienone is 4. The molecule has 0 atom stereocenters. The second-order valence-electron chi connectivity index (χ2n) is 8.74. The summed E-state index contributed by atoms with van der Waals surface area (Å²) >= 11 is 0. The van der Waals surface area contributed by atoms with Gasteiger partial charge in [0.25, 0.3) is 10.1 Å². The van der Waals surface area contributed by atoms with Gasteiger partial charge in [0, 0.05) is 30.4 Å². The predicted molar refractivity (Wildman–Crippen MR) is 124 cm³/mol. The van der Waals surface area contributed by atoms with Crippen LogP contribution in [0.3, 0.4) is 0 Å². The summed E-state index contributed by atoms with van der Waals surface area (Å²) in [6.07, 6.45) is 7.52. The van der Waals surface area contributed by atoms with E-state index in [2.05, 4.69) is 31.1 Å². The van der Waals surface area contributed by atoms with Gasteiger partial charge < -0.3 is 0 Å². The fourth-order valence-electron chi connectivity index (χ4n) is 4.57. The first kappa shape index (κ1) is 23.6. The summed E-state index contributed by atoms with van der Waals surface area (Å²) < 4.78 is 58.3. The van der Waals surface area contributed by atoms with Crippen LogP contribution in [0.25, 0.3) is 0 Å². The molecule has 0 saturated heterocycles.